The molecule has 0 atom stereocenters. The van der Waals surface area contributed by atoms with Crippen LogP contribution in [0.3, 0.4) is 0 Å². The second-order valence-electron chi connectivity index (χ2n) is 4.55. The van der Waals surface area contributed by atoms with Gasteiger partial charge in [0.1, 0.15) is 0 Å². The van der Waals surface area contributed by atoms with Gasteiger partial charge in [-0.3, -0.25) is 0 Å². The van der Waals surface area contributed by atoms with Gasteiger partial charge in [0.25, 0.3) is 5.76 Å². The first-order valence-corrected chi connectivity index (χ1v) is 7.54. The lowest BCUT2D eigenvalue weighted by Gasteiger charge is -2.05. The highest BCUT2D eigenvalue weighted by atomic mass is 32.2. The average molecular weight is 314 g/mol. The Bertz CT molecular complexity index is 746. The summed E-state index contributed by atoms with van der Waals surface area (Å²) in [6, 6.07) is 19.6. The zero-order valence-corrected chi connectivity index (χ0v) is 12.3. The van der Waals surface area contributed by atoms with Gasteiger partial charge in [0.2, 0.25) is 0 Å². The Morgan fingerprint density at radius 2 is 1.41 bits per heavy atom. The van der Waals surface area contributed by atoms with Gasteiger partial charge in [-0.1, -0.05) is 54.6 Å². The molecule has 1 aromatic heterocycles. The number of nitrogens with zero attached hydrogens (tertiary/aromatic N) is 2. The van der Waals surface area contributed by atoms with E-state index in [0.29, 0.717) is 17.5 Å². The van der Waals surface area contributed by atoms with Crippen LogP contribution in [0, 0.1) is 0 Å². The van der Waals surface area contributed by atoms with Crippen LogP contribution in [0.4, 0.5) is 8.78 Å². The lowest BCUT2D eigenvalue weighted by Crippen LogP contribution is -1.92. The summed E-state index contributed by atoms with van der Waals surface area (Å²) in [7, 11) is 0. The van der Waals surface area contributed by atoms with E-state index in [4.69, 9.17) is 0 Å². The Kier molecular flexibility index (Phi) is 4.44. The van der Waals surface area contributed by atoms with Crippen LogP contribution in [0.1, 0.15) is 0 Å². The number of thioether (sulfide) groups is 1. The third-order valence-corrected chi connectivity index (χ3v) is 3.70. The highest BCUT2D eigenvalue weighted by Gasteiger charge is 2.09. The molecule has 0 aliphatic heterocycles. The van der Waals surface area contributed by atoms with Gasteiger partial charge in [0, 0.05) is 11.8 Å². The van der Waals surface area contributed by atoms with Gasteiger partial charge >= 0.3 is 0 Å². The van der Waals surface area contributed by atoms with E-state index < -0.39 is 5.76 Å². The Morgan fingerprint density at radius 1 is 0.773 bits per heavy atom. The minimum Gasteiger partial charge on any atom is -0.231 e. The van der Waals surface area contributed by atoms with Crippen LogP contribution < -0.4 is 0 Å². The largest absolute Gasteiger partial charge is 0.291 e. The number of alkyl halides is 2. The molecule has 0 radical (unpaired) electrons. The van der Waals surface area contributed by atoms with Crippen LogP contribution in [0.15, 0.2) is 72.0 Å². The monoisotopic (exact) mass is 314 g/mol. The summed E-state index contributed by atoms with van der Waals surface area (Å²) in [4.78, 5) is 8.00. The standard InChI is InChI=1S/C17H12F2N2S/c18-16(19)22-17-20-11-10-15(21-17)14-8-6-13(7-9-14)12-4-2-1-3-5-12/h1-11,16H. The van der Waals surface area contributed by atoms with Crippen molar-refractivity contribution in [3.63, 3.8) is 0 Å². The van der Waals surface area contributed by atoms with E-state index in [2.05, 4.69) is 9.97 Å². The topological polar surface area (TPSA) is 25.8 Å². The van der Waals surface area contributed by atoms with E-state index in [0.717, 1.165) is 16.7 Å². The molecule has 2 nitrogen and oxygen atoms in total. The molecule has 22 heavy (non-hydrogen) atoms. The van der Waals surface area contributed by atoms with Crippen molar-refractivity contribution in [1.82, 2.24) is 9.97 Å². The predicted octanol–water partition coefficient (Wildman–Crippen LogP) is 5.13. The van der Waals surface area contributed by atoms with E-state index in [1.807, 2.05) is 54.6 Å². The maximum atomic E-state index is 12.4. The van der Waals surface area contributed by atoms with E-state index in [1.165, 1.54) is 6.20 Å². The fraction of sp³-hybridized carbons (Fsp3) is 0.0588. The van der Waals surface area contributed by atoms with Crippen LogP contribution in [0.5, 0.6) is 0 Å². The second kappa shape index (κ2) is 6.66. The fourth-order valence-corrected chi connectivity index (χ4v) is 2.53. The summed E-state index contributed by atoms with van der Waals surface area (Å²) in [6.07, 6.45) is 1.50. The molecule has 0 bridgehead atoms. The molecule has 2 aromatic carbocycles. The smallest absolute Gasteiger partial charge is 0.231 e. The zero-order chi connectivity index (χ0) is 15.4. The van der Waals surface area contributed by atoms with E-state index in [9.17, 15) is 8.78 Å². The average Bonchev–Trinajstić information content (AvgIpc) is 2.55. The van der Waals surface area contributed by atoms with Crippen LogP contribution in [-0.2, 0) is 0 Å². The number of hydrogen-bond donors (Lipinski definition) is 0. The SMILES string of the molecule is FC(F)Sc1nccc(-c2ccc(-c3ccccc3)cc2)n1. The summed E-state index contributed by atoms with van der Waals surface area (Å²) in [5.74, 6) is -2.52. The molecule has 0 saturated heterocycles. The van der Waals surface area contributed by atoms with Gasteiger partial charge in [-0.2, -0.15) is 8.78 Å². The van der Waals surface area contributed by atoms with Gasteiger partial charge in [0.05, 0.1) is 5.69 Å². The summed E-state index contributed by atoms with van der Waals surface area (Å²) < 4.78 is 24.8. The molecule has 0 spiro atoms. The van der Waals surface area contributed by atoms with Crippen molar-refractivity contribution >= 4 is 11.8 Å². The molecular weight excluding hydrogens is 302 g/mol. The maximum Gasteiger partial charge on any atom is 0.291 e. The van der Waals surface area contributed by atoms with E-state index >= 15 is 0 Å². The molecule has 0 unspecified atom stereocenters. The molecule has 5 heteroatoms. The summed E-state index contributed by atoms with van der Waals surface area (Å²) >= 11 is 0.352. The first kappa shape index (κ1) is 14.7. The predicted molar refractivity (Wildman–Crippen MR) is 84.8 cm³/mol. The Morgan fingerprint density at radius 3 is 2.09 bits per heavy atom. The van der Waals surface area contributed by atoms with Crippen LogP contribution in [-0.4, -0.2) is 15.7 Å². The van der Waals surface area contributed by atoms with Gasteiger partial charge in [-0.25, -0.2) is 9.97 Å². The second-order valence-corrected chi connectivity index (χ2v) is 5.50. The number of rotatable bonds is 4. The van der Waals surface area contributed by atoms with Crippen molar-refractivity contribution in [2.24, 2.45) is 0 Å². The van der Waals surface area contributed by atoms with E-state index in [-0.39, 0.29) is 5.16 Å². The van der Waals surface area contributed by atoms with Gasteiger partial charge in [-0.15, -0.1) is 0 Å². The molecule has 3 aromatic rings. The first-order chi connectivity index (χ1) is 10.7. The van der Waals surface area contributed by atoms with Gasteiger partial charge in [0.15, 0.2) is 5.16 Å². The quantitative estimate of drug-likeness (QED) is 0.493. The molecule has 0 aliphatic carbocycles. The number of hydrogen-bond acceptors (Lipinski definition) is 3. The highest BCUT2D eigenvalue weighted by molar-refractivity contribution is 7.99. The van der Waals surface area contributed by atoms with Crippen molar-refractivity contribution in [2.75, 3.05) is 0 Å². The van der Waals surface area contributed by atoms with Crippen molar-refractivity contribution < 1.29 is 8.78 Å². The van der Waals surface area contributed by atoms with Crippen molar-refractivity contribution in [3.05, 3.63) is 66.9 Å². The zero-order valence-electron chi connectivity index (χ0n) is 11.5. The molecule has 3 rings (SSSR count). The maximum absolute atomic E-state index is 12.4. The Labute approximate surface area is 131 Å². The molecule has 0 N–H and O–H groups in total. The lowest BCUT2D eigenvalue weighted by atomic mass is 10.0. The fourth-order valence-electron chi connectivity index (χ4n) is 2.10. The summed E-state index contributed by atoms with van der Waals surface area (Å²) in [5.41, 5.74) is 3.74. The molecule has 0 aliphatic rings. The number of benzene rings is 2. The van der Waals surface area contributed by atoms with Crippen molar-refractivity contribution in [3.8, 4) is 22.4 Å². The minimum absolute atomic E-state index is 0.0830. The van der Waals surface area contributed by atoms with Gasteiger partial charge in [-0.05, 0) is 29.0 Å². The number of halogens is 2. The molecule has 0 saturated carbocycles. The van der Waals surface area contributed by atoms with Crippen molar-refractivity contribution in [1.29, 1.82) is 0 Å². The highest BCUT2D eigenvalue weighted by Crippen LogP contribution is 2.26. The molecule has 0 fully saturated rings. The molecular formula is C17H12F2N2S. The minimum atomic E-state index is -2.52. The lowest BCUT2D eigenvalue weighted by molar-refractivity contribution is 0.251. The Balaban J connectivity index is 1.87. The van der Waals surface area contributed by atoms with E-state index in [1.54, 1.807) is 6.07 Å². The third kappa shape index (κ3) is 3.49. The van der Waals surface area contributed by atoms with Crippen LogP contribution >= 0.6 is 11.8 Å². The third-order valence-electron chi connectivity index (χ3n) is 3.12. The normalized spacial score (nSPS) is 10.9. The van der Waals surface area contributed by atoms with Crippen molar-refractivity contribution in [2.45, 2.75) is 10.9 Å². The molecule has 110 valence electrons. The van der Waals surface area contributed by atoms with Crippen LogP contribution in [0.25, 0.3) is 22.4 Å². The Hall–Kier alpha value is -2.27. The molecule has 1 heterocycles. The number of aromatic nitrogens is 2. The summed E-state index contributed by atoms with van der Waals surface area (Å²) in [6.45, 7) is 0. The molecule has 0 amide bonds. The summed E-state index contributed by atoms with van der Waals surface area (Å²) in [5, 5.41) is 0.0830. The first-order valence-electron chi connectivity index (χ1n) is 6.66. The van der Waals surface area contributed by atoms with Crippen LogP contribution in [0.2, 0.25) is 0 Å². The van der Waals surface area contributed by atoms with Gasteiger partial charge < -0.3 is 0 Å².